The van der Waals surface area contributed by atoms with Crippen molar-refractivity contribution in [1.82, 2.24) is 14.8 Å². The van der Waals surface area contributed by atoms with E-state index < -0.39 is 0 Å². The lowest BCUT2D eigenvalue weighted by Gasteiger charge is -2.13. The minimum atomic E-state index is 0.300. The van der Waals surface area contributed by atoms with Crippen LogP contribution in [0.3, 0.4) is 0 Å². The van der Waals surface area contributed by atoms with E-state index in [9.17, 15) is 0 Å². The van der Waals surface area contributed by atoms with Crippen molar-refractivity contribution in [2.75, 3.05) is 0 Å². The zero-order chi connectivity index (χ0) is 17.1. The van der Waals surface area contributed by atoms with Crippen LogP contribution in [0, 0.1) is 0 Å². The van der Waals surface area contributed by atoms with Crippen molar-refractivity contribution in [3.8, 4) is 11.4 Å². The van der Waals surface area contributed by atoms with Gasteiger partial charge in [0.05, 0.1) is 0 Å². The summed E-state index contributed by atoms with van der Waals surface area (Å²) in [6.07, 6.45) is 1.05. The lowest BCUT2D eigenvalue weighted by molar-refractivity contribution is 0.555. The number of benzene rings is 1. The van der Waals surface area contributed by atoms with Gasteiger partial charge in [-0.25, -0.2) is 0 Å². The summed E-state index contributed by atoms with van der Waals surface area (Å²) in [4.78, 5) is 1.37. The molecule has 0 saturated heterocycles. The molecule has 0 aliphatic rings. The fraction of sp³-hybridized carbons (Fsp3) is 0.333. The number of hydrogen-bond acceptors (Lipinski definition) is 4. The maximum absolute atomic E-state index is 6.26. The Labute approximate surface area is 156 Å². The van der Waals surface area contributed by atoms with Crippen molar-refractivity contribution in [2.45, 2.75) is 44.1 Å². The molecule has 3 rings (SSSR count). The standard InChI is InChI=1S/C18H20ClN3S2/c1-4-15-9-14(11-23-15)17-20-21-18(22(17)12(2)3)24-10-13-7-5-6-8-16(13)19/h5-9,11-12H,4,10H2,1-3H3. The van der Waals surface area contributed by atoms with Gasteiger partial charge in [-0.15, -0.1) is 21.5 Å². The van der Waals surface area contributed by atoms with E-state index in [-0.39, 0.29) is 0 Å². The molecule has 0 unspecified atom stereocenters. The van der Waals surface area contributed by atoms with Crippen molar-refractivity contribution in [3.05, 3.63) is 51.2 Å². The molecule has 0 aliphatic carbocycles. The Morgan fingerprint density at radius 1 is 1.25 bits per heavy atom. The molecular weight excluding hydrogens is 358 g/mol. The van der Waals surface area contributed by atoms with Crippen LogP contribution in [0.1, 0.15) is 37.3 Å². The molecule has 3 aromatic rings. The topological polar surface area (TPSA) is 30.7 Å². The SMILES string of the molecule is CCc1cc(-c2nnc(SCc3ccccc3Cl)n2C(C)C)cs1. The van der Waals surface area contributed by atoms with Gasteiger partial charge in [-0.05, 0) is 38.0 Å². The highest BCUT2D eigenvalue weighted by Gasteiger charge is 2.18. The van der Waals surface area contributed by atoms with Crippen molar-refractivity contribution >= 4 is 34.7 Å². The van der Waals surface area contributed by atoms with Gasteiger partial charge in [0.25, 0.3) is 0 Å². The zero-order valence-electron chi connectivity index (χ0n) is 14.0. The summed E-state index contributed by atoms with van der Waals surface area (Å²) in [6.45, 7) is 6.51. The molecule has 0 aliphatic heterocycles. The van der Waals surface area contributed by atoms with Gasteiger partial charge >= 0.3 is 0 Å². The molecule has 6 heteroatoms. The zero-order valence-corrected chi connectivity index (χ0v) is 16.4. The van der Waals surface area contributed by atoms with E-state index >= 15 is 0 Å². The van der Waals surface area contributed by atoms with Crippen LogP contribution in [0.2, 0.25) is 5.02 Å². The third kappa shape index (κ3) is 3.68. The molecule has 0 atom stereocenters. The van der Waals surface area contributed by atoms with E-state index in [0.29, 0.717) is 6.04 Å². The number of thioether (sulfide) groups is 1. The summed E-state index contributed by atoms with van der Waals surface area (Å²) >= 11 is 9.72. The van der Waals surface area contributed by atoms with E-state index in [4.69, 9.17) is 11.6 Å². The normalized spacial score (nSPS) is 11.4. The Kier molecular flexibility index (Phi) is 5.64. The summed E-state index contributed by atoms with van der Waals surface area (Å²) in [5.74, 6) is 1.73. The summed E-state index contributed by atoms with van der Waals surface area (Å²) in [6, 6.07) is 10.5. The van der Waals surface area contributed by atoms with Crippen LogP contribution in [0.15, 0.2) is 40.9 Å². The van der Waals surface area contributed by atoms with Crippen LogP contribution in [0.4, 0.5) is 0 Å². The number of thiophene rings is 1. The van der Waals surface area contributed by atoms with Crippen molar-refractivity contribution in [3.63, 3.8) is 0 Å². The first-order valence-electron chi connectivity index (χ1n) is 7.99. The third-order valence-electron chi connectivity index (χ3n) is 3.76. The van der Waals surface area contributed by atoms with Gasteiger partial charge in [0.2, 0.25) is 0 Å². The monoisotopic (exact) mass is 377 g/mol. The Hall–Kier alpha value is -1.30. The minimum Gasteiger partial charge on any atom is -0.299 e. The van der Waals surface area contributed by atoms with E-state index in [1.165, 1.54) is 4.88 Å². The molecule has 0 fully saturated rings. The molecule has 126 valence electrons. The quantitative estimate of drug-likeness (QED) is 0.486. The van der Waals surface area contributed by atoms with Gasteiger partial charge in [-0.1, -0.05) is 48.5 Å². The highest BCUT2D eigenvalue weighted by atomic mass is 35.5. The number of rotatable bonds is 6. The third-order valence-corrected chi connectivity index (χ3v) is 6.20. The van der Waals surface area contributed by atoms with Crippen LogP contribution >= 0.6 is 34.7 Å². The lowest BCUT2D eigenvalue weighted by Crippen LogP contribution is -2.04. The second kappa shape index (κ2) is 7.72. The van der Waals surface area contributed by atoms with Gasteiger partial charge in [0, 0.05) is 32.6 Å². The summed E-state index contributed by atoms with van der Waals surface area (Å²) < 4.78 is 2.21. The predicted molar refractivity (Wildman–Crippen MR) is 104 cm³/mol. The predicted octanol–water partition coefficient (Wildman–Crippen LogP) is 6.10. The smallest absolute Gasteiger partial charge is 0.192 e. The molecule has 0 radical (unpaired) electrons. The van der Waals surface area contributed by atoms with Crippen LogP contribution < -0.4 is 0 Å². The molecule has 0 N–H and O–H groups in total. The first kappa shape index (κ1) is 17.5. The average molecular weight is 378 g/mol. The fourth-order valence-electron chi connectivity index (χ4n) is 2.48. The molecule has 0 amide bonds. The Morgan fingerprint density at radius 3 is 2.71 bits per heavy atom. The number of aryl methyl sites for hydroxylation is 1. The van der Waals surface area contributed by atoms with Crippen molar-refractivity contribution in [1.29, 1.82) is 0 Å². The maximum atomic E-state index is 6.26. The number of halogens is 1. The average Bonchev–Trinajstić information content (AvgIpc) is 3.20. The van der Waals surface area contributed by atoms with Gasteiger partial charge in [0.1, 0.15) is 0 Å². The van der Waals surface area contributed by atoms with Crippen LogP contribution in [-0.2, 0) is 12.2 Å². The molecule has 0 saturated carbocycles. The molecule has 0 bridgehead atoms. The molecule has 2 aromatic heterocycles. The van der Waals surface area contributed by atoms with E-state index in [1.54, 1.807) is 23.1 Å². The van der Waals surface area contributed by atoms with Crippen LogP contribution in [-0.4, -0.2) is 14.8 Å². The van der Waals surface area contributed by atoms with Gasteiger partial charge in [-0.2, -0.15) is 0 Å². The summed E-state index contributed by atoms with van der Waals surface area (Å²) in [7, 11) is 0. The first-order chi connectivity index (χ1) is 11.6. The lowest BCUT2D eigenvalue weighted by atomic mass is 10.2. The number of hydrogen-bond donors (Lipinski definition) is 0. The maximum Gasteiger partial charge on any atom is 0.192 e. The van der Waals surface area contributed by atoms with Gasteiger partial charge < -0.3 is 0 Å². The van der Waals surface area contributed by atoms with Crippen LogP contribution in [0.25, 0.3) is 11.4 Å². The van der Waals surface area contributed by atoms with E-state index in [0.717, 1.165) is 39.3 Å². The second-order valence-electron chi connectivity index (χ2n) is 5.81. The van der Waals surface area contributed by atoms with Gasteiger partial charge in [0.15, 0.2) is 11.0 Å². The summed E-state index contributed by atoms with van der Waals surface area (Å²) in [5, 5.41) is 12.8. The molecule has 2 heterocycles. The first-order valence-corrected chi connectivity index (χ1v) is 10.2. The molecule has 1 aromatic carbocycles. The molecule has 0 spiro atoms. The molecule has 3 nitrogen and oxygen atoms in total. The summed E-state index contributed by atoms with van der Waals surface area (Å²) in [5.41, 5.74) is 2.27. The second-order valence-corrected chi connectivity index (χ2v) is 8.15. The van der Waals surface area contributed by atoms with E-state index in [1.807, 2.05) is 18.2 Å². The largest absolute Gasteiger partial charge is 0.299 e. The molecular formula is C18H20ClN3S2. The minimum absolute atomic E-state index is 0.300. The highest BCUT2D eigenvalue weighted by molar-refractivity contribution is 7.98. The Bertz CT molecular complexity index is 823. The van der Waals surface area contributed by atoms with Crippen molar-refractivity contribution in [2.24, 2.45) is 0 Å². The molecule has 24 heavy (non-hydrogen) atoms. The van der Waals surface area contributed by atoms with Crippen molar-refractivity contribution < 1.29 is 0 Å². The Balaban J connectivity index is 1.87. The fourth-order valence-corrected chi connectivity index (χ4v) is 4.65. The highest BCUT2D eigenvalue weighted by Crippen LogP contribution is 2.32. The number of aromatic nitrogens is 3. The van der Waals surface area contributed by atoms with Gasteiger partial charge in [-0.3, -0.25) is 4.57 Å². The Morgan fingerprint density at radius 2 is 2.04 bits per heavy atom. The number of nitrogens with zero attached hydrogens (tertiary/aromatic N) is 3. The van der Waals surface area contributed by atoms with Crippen LogP contribution in [0.5, 0.6) is 0 Å². The van der Waals surface area contributed by atoms with E-state index in [2.05, 4.69) is 53.0 Å².